The lowest BCUT2D eigenvalue weighted by Crippen LogP contribution is -2.23. The first-order valence-electron chi connectivity index (χ1n) is 7.11. The highest BCUT2D eigenvalue weighted by atomic mass is 35.5. The van der Waals surface area contributed by atoms with Gasteiger partial charge in [0.25, 0.3) is 0 Å². The summed E-state index contributed by atoms with van der Waals surface area (Å²) in [6, 6.07) is 13.6. The molecular weight excluding hydrogens is 305 g/mol. The first-order chi connectivity index (χ1) is 10.2. The number of para-hydroxylation sites is 1. The van der Waals surface area contributed by atoms with Crippen LogP contribution < -0.4 is 4.90 Å². The maximum atomic E-state index is 10.3. The molecule has 0 saturated carbocycles. The maximum Gasteiger partial charge on any atom is 0.0810 e. The van der Waals surface area contributed by atoms with Crippen molar-refractivity contribution in [2.45, 2.75) is 25.5 Å². The summed E-state index contributed by atoms with van der Waals surface area (Å²) in [5.41, 5.74) is 2.99. The second-order valence-electron chi connectivity index (χ2n) is 5.34. The normalized spacial score (nSPS) is 18.2. The van der Waals surface area contributed by atoms with E-state index in [1.54, 1.807) is 0 Å². The van der Waals surface area contributed by atoms with Crippen molar-refractivity contribution in [1.29, 1.82) is 0 Å². The molecule has 0 saturated heterocycles. The molecule has 2 nitrogen and oxygen atoms in total. The third-order valence-corrected chi connectivity index (χ3v) is 4.66. The van der Waals surface area contributed by atoms with E-state index < -0.39 is 6.10 Å². The predicted octanol–water partition coefficient (Wildman–Crippen LogP) is 4.83. The minimum Gasteiger partial charge on any atom is -0.388 e. The molecule has 110 valence electrons. The van der Waals surface area contributed by atoms with Crippen LogP contribution in [0.2, 0.25) is 10.0 Å². The summed E-state index contributed by atoms with van der Waals surface area (Å²) in [6.45, 7) is 1.54. The molecule has 0 spiro atoms. The minimum absolute atomic E-state index is 0.395. The van der Waals surface area contributed by atoms with E-state index in [1.165, 1.54) is 0 Å². The summed E-state index contributed by atoms with van der Waals surface area (Å²) < 4.78 is 0. The van der Waals surface area contributed by atoms with Crippen molar-refractivity contribution in [3.63, 3.8) is 0 Å². The number of halogens is 2. The molecule has 0 amide bonds. The van der Waals surface area contributed by atoms with E-state index in [0.717, 1.165) is 36.2 Å². The molecule has 1 aliphatic heterocycles. The number of aliphatic hydroxyl groups is 1. The molecule has 1 heterocycles. The Balaban J connectivity index is 1.97. The molecule has 1 N–H and O–H groups in total. The molecule has 4 heteroatoms. The van der Waals surface area contributed by atoms with Gasteiger partial charge in [0.15, 0.2) is 0 Å². The van der Waals surface area contributed by atoms with Crippen LogP contribution in [0.1, 0.15) is 30.1 Å². The highest BCUT2D eigenvalue weighted by Crippen LogP contribution is 2.35. The second-order valence-corrected chi connectivity index (χ2v) is 6.15. The zero-order chi connectivity index (χ0) is 14.8. The van der Waals surface area contributed by atoms with Gasteiger partial charge in [0.1, 0.15) is 0 Å². The van der Waals surface area contributed by atoms with Gasteiger partial charge in [-0.05, 0) is 31.0 Å². The number of aliphatic hydroxyl groups excluding tert-OH is 1. The van der Waals surface area contributed by atoms with E-state index in [4.69, 9.17) is 23.2 Å². The Bertz CT molecular complexity index is 624. The molecular formula is C17H17Cl2NO. The van der Waals surface area contributed by atoms with Crippen molar-refractivity contribution in [2.75, 3.05) is 11.4 Å². The van der Waals surface area contributed by atoms with Crippen molar-refractivity contribution in [1.82, 2.24) is 0 Å². The van der Waals surface area contributed by atoms with E-state index in [1.807, 2.05) is 36.4 Å². The lowest BCUT2D eigenvalue weighted by molar-refractivity contribution is 0.168. The number of fused-ring (bicyclic) bond motifs is 1. The average Bonchev–Trinajstić information content (AvgIpc) is 2.63. The van der Waals surface area contributed by atoms with Crippen molar-refractivity contribution in [3.05, 3.63) is 63.6 Å². The Kier molecular flexibility index (Phi) is 4.39. The highest BCUT2D eigenvalue weighted by molar-refractivity contribution is 6.36. The van der Waals surface area contributed by atoms with Gasteiger partial charge in [0.2, 0.25) is 0 Å². The Morgan fingerprint density at radius 3 is 2.52 bits per heavy atom. The van der Waals surface area contributed by atoms with Crippen LogP contribution in [0.5, 0.6) is 0 Å². The fraction of sp³-hybridized carbons (Fsp3) is 0.294. The topological polar surface area (TPSA) is 23.5 Å². The zero-order valence-electron chi connectivity index (χ0n) is 11.6. The Morgan fingerprint density at radius 2 is 1.76 bits per heavy atom. The van der Waals surface area contributed by atoms with Gasteiger partial charge < -0.3 is 10.0 Å². The van der Waals surface area contributed by atoms with Gasteiger partial charge in [-0.2, -0.15) is 0 Å². The summed E-state index contributed by atoms with van der Waals surface area (Å²) >= 11 is 12.6. The highest BCUT2D eigenvalue weighted by Gasteiger charge is 2.22. The maximum absolute atomic E-state index is 10.3. The van der Waals surface area contributed by atoms with Gasteiger partial charge in [-0.3, -0.25) is 0 Å². The van der Waals surface area contributed by atoms with E-state index in [-0.39, 0.29) is 0 Å². The van der Waals surface area contributed by atoms with E-state index in [2.05, 4.69) is 11.0 Å². The lowest BCUT2D eigenvalue weighted by atomic mass is 10.0. The molecule has 0 aromatic heterocycles. The van der Waals surface area contributed by atoms with Crippen LogP contribution in [0, 0.1) is 0 Å². The standard InChI is InChI=1S/C17H17Cl2NO/c18-14-6-3-7-15(19)13(14)11-20-10-4-9-17(21)12-5-1-2-8-16(12)20/h1-3,5-8,17,21H,4,9-11H2. The molecule has 2 aromatic rings. The molecule has 0 fully saturated rings. The van der Waals surface area contributed by atoms with Crippen LogP contribution >= 0.6 is 23.2 Å². The van der Waals surface area contributed by atoms with Crippen molar-refractivity contribution < 1.29 is 5.11 Å². The van der Waals surface area contributed by atoms with Crippen LogP contribution in [0.4, 0.5) is 5.69 Å². The second kappa shape index (κ2) is 6.27. The Labute approximate surface area is 134 Å². The number of hydrogen-bond acceptors (Lipinski definition) is 2. The molecule has 1 atom stereocenters. The van der Waals surface area contributed by atoms with E-state index in [9.17, 15) is 5.11 Å². The summed E-state index contributed by atoms with van der Waals surface area (Å²) in [5.74, 6) is 0. The third-order valence-electron chi connectivity index (χ3n) is 3.95. The lowest BCUT2D eigenvalue weighted by Gasteiger charge is -2.26. The van der Waals surface area contributed by atoms with Gasteiger partial charge in [-0.1, -0.05) is 47.5 Å². The van der Waals surface area contributed by atoms with Crippen molar-refractivity contribution in [3.8, 4) is 0 Å². The van der Waals surface area contributed by atoms with Gasteiger partial charge in [-0.15, -0.1) is 0 Å². The predicted molar refractivity (Wildman–Crippen MR) is 88.1 cm³/mol. The summed E-state index contributed by atoms with van der Waals surface area (Å²) in [7, 11) is 0. The number of rotatable bonds is 2. The minimum atomic E-state index is -0.395. The fourth-order valence-corrected chi connectivity index (χ4v) is 3.36. The number of nitrogens with zero attached hydrogens (tertiary/aromatic N) is 1. The third kappa shape index (κ3) is 3.03. The SMILES string of the molecule is OC1CCCN(Cc2c(Cl)cccc2Cl)c2ccccc21. The van der Waals surface area contributed by atoms with Crippen LogP contribution in [-0.2, 0) is 6.54 Å². The van der Waals surface area contributed by atoms with E-state index in [0.29, 0.717) is 16.6 Å². The molecule has 1 aliphatic rings. The van der Waals surface area contributed by atoms with Gasteiger partial charge in [-0.25, -0.2) is 0 Å². The van der Waals surface area contributed by atoms with Gasteiger partial charge in [0.05, 0.1) is 6.10 Å². The molecule has 0 radical (unpaired) electrons. The van der Waals surface area contributed by atoms with Crippen LogP contribution in [-0.4, -0.2) is 11.7 Å². The van der Waals surface area contributed by atoms with Gasteiger partial charge in [0, 0.05) is 39.9 Å². The summed E-state index contributed by atoms with van der Waals surface area (Å²) in [6.07, 6.45) is 1.33. The molecule has 0 aliphatic carbocycles. The first kappa shape index (κ1) is 14.7. The number of anilines is 1. The fourth-order valence-electron chi connectivity index (χ4n) is 2.85. The first-order valence-corrected chi connectivity index (χ1v) is 7.87. The van der Waals surface area contributed by atoms with Gasteiger partial charge >= 0.3 is 0 Å². The monoisotopic (exact) mass is 321 g/mol. The number of benzene rings is 2. The Morgan fingerprint density at radius 1 is 1.05 bits per heavy atom. The van der Waals surface area contributed by atoms with Crippen molar-refractivity contribution in [2.24, 2.45) is 0 Å². The molecule has 3 rings (SSSR count). The van der Waals surface area contributed by atoms with Crippen LogP contribution in [0.25, 0.3) is 0 Å². The molecule has 2 aromatic carbocycles. The Hall–Kier alpha value is -1.22. The smallest absolute Gasteiger partial charge is 0.0810 e. The van der Waals surface area contributed by atoms with Crippen LogP contribution in [0.15, 0.2) is 42.5 Å². The molecule has 21 heavy (non-hydrogen) atoms. The quantitative estimate of drug-likeness (QED) is 0.856. The molecule has 0 bridgehead atoms. The zero-order valence-corrected chi connectivity index (χ0v) is 13.1. The van der Waals surface area contributed by atoms with Crippen molar-refractivity contribution >= 4 is 28.9 Å². The van der Waals surface area contributed by atoms with Crippen LogP contribution in [0.3, 0.4) is 0 Å². The largest absolute Gasteiger partial charge is 0.388 e. The van der Waals surface area contributed by atoms with E-state index >= 15 is 0 Å². The summed E-state index contributed by atoms with van der Waals surface area (Å²) in [5, 5.41) is 11.6. The molecule has 1 unspecified atom stereocenters. The number of hydrogen-bond donors (Lipinski definition) is 1. The average molecular weight is 322 g/mol. The summed E-state index contributed by atoms with van der Waals surface area (Å²) in [4.78, 5) is 2.25.